The number of hydrogen-bond donors (Lipinski definition) is 1. The number of H-pyrrole nitrogens is 1. The van der Waals surface area contributed by atoms with Crippen molar-refractivity contribution in [2.24, 2.45) is 0 Å². The van der Waals surface area contributed by atoms with Crippen LogP contribution in [0.25, 0.3) is 0 Å². The Kier molecular flexibility index (Phi) is 4.81. The standard InChI is InChI=1S/C15H19N3O3/c1-4-21-14-7-12(5-6-13(14)20-3)15(19)18(2)10-11-8-16-17-9-11/h5-9H,4,10H2,1-3H3,(H,16,17). The van der Waals surface area contributed by atoms with E-state index in [1.54, 1.807) is 49.7 Å². The summed E-state index contributed by atoms with van der Waals surface area (Å²) in [4.78, 5) is 14.1. The summed E-state index contributed by atoms with van der Waals surface area (Å²) in [6.45, 7) is 2.89. The van der Waals surface area contributed by atoms with E-state index in [2.05, 4.69) is 10.2 Å². The second-order valence-corrected chi connectivity index (χ2v) is 4.57. The first-order chi connectivity index (χ1) is 10.2. The molecular formula is C15H19N3O3. The molecule has 0 atom stereocenters. The Morgan fingerprint density at radius 1 is 1.38 bits per heavy atom. The van der Waals surface area contributed by atoms with Crippen LogP contribution in [0.3, 0.4) is 0 Å². The minimum absolute atomic E-state index is 0.0835. The fourth-order valence-electron chi connectivity index (χ4n) is 2.01. The number of amides is 1. The average molecular weight is 289 g/mol. The zero-order valence-electron chi connectivity index (χ0n) is 12.4. The molecule has 6 nitrogen and oxygen atoms in total. The topological polar surface area (TPSA) is 67.5 Å². The van der Waals surface area contributed by atoms with Crippen LogP contribution in [0.1, 0.15) is 22.8 Å². The van der Waals surface area contributed by atoms with Crippen molar-refractivity contribution in [2.75, 3.05) is 20.8 Å². The summed E-state index contributed by atoms with van der Waals surface area (Å²) in [6, 6.07) is 5.18. The molecule has 112 valence electrons. The maximum atomic E-state index is 12.4. The predicted octanol–water partition coefficient (Wildman–Crippen LogP) is 2.09. The summed E-state index contributed by atoms with van der Waals surface area (Å²) in [5.74, 6) is 1.10. The molecule has 2 aromatic rings. The highest BCUT2D eigenvalue weighted by molar-refractivity contribution is 5.94. The Hall–Kier alpha value is -2.50. The van der Waals surface area contributed by atoms with Crippen LogP contribution in [0, 0.1) is 0 Å². The first-order valence-corrected chi connectivity index (χ1v) is 6.69. The van der Waals surface area contributed by atoms with Crippen molar-refractivity contribution in [1.82, 2.24) is 15.1 Å². The van der Waals surface area contributed by atoms with Crippen LogP contribution >= 0.6 is 0 Å². The Labute approximate surface area is 123 Å². The molecule has 2 rings (SSSR count). The molecule has 0 fully saturated rings. The van der Waals surface area contributed by atoms with Crippen LogP contribution in [0.5, 0.6) is 11.5 Å². The molecule has 0 spiro atoms. The summed E-state index contributed by atoms with van der Waals surface area (Å²) in [5.41, 5.74) is 1.51. The summed E-state index contributed by atoms with van der Waals surface area (Å²) >= 11 is 0. The molecule has 0 aliphatic rings. The molecule has 6 heteroatoms. The number of aromatic nitrogens is 2. The van der Waals surface area contributed by atoms with Gasteiger partial charge in [-0.3, -0.25) is 9.89 Å². The maximum Gasteiger partial charge on any atom is 0.254 e. The molecule has 1 N–H and O–H groups in total. The monoisotopic (exact) mass is 289 g/mol. The van der Waals surface area contributed by atoms with Gasteiger partial charge in [0.05, 0.1) is 19.9 Å². The molecule has 1 aromatic carbocycles. The molecule has 0 aliphatic carbocycles. The highest BCUT2D eigenvalue weighted by Crippen LogP contribution is 2.28. The largest absolute Gasteiger partial charge is 0.493 e. The predicted molar refractivity (Wildman–Crippen MR) is 78.5 cm³/mol. The number of ether oxygens (including phenoxy) is 2. The SMILES string of the molecule is CCOc1cc(C(=O)N(C)Cc2cn[nH]c2)ccc1OC. The van der Waals surface area contributed by atoms with E-state index in [1.165, 1.54) is 0 Å². The molecule has 0 aliphatic heterocycles. The van der Waals surface area contributed by atoms with Gasteiger partial charge in [0.2, 0.25) is 0 Å². The second kappa shape index (κ2) is 6.78. The number of benzene rings is 1. The third kappa shape index (κ3) is 3.53. The lowest BCUT2D eigenvalue weighted by molar-refractivity contribution is 0.0784. The van der Waals surface area contributed by atoms with Gasteiger partial charge >= 0.3 is 0 Å². The Morgan fingerprint density at radius 3 is 2.81 bits per heavy atom. The van der Waals surface area contributed by atoms with Crippen molar-refractivity contribution in [1.29, 1.82) is 0 Å². The quantitative estimate of drug-likeness (QED) is 0.884. The maximum absolute atomic E-state index is 12.4. The fraction of sp³-hybridized carbons (Fsp3) is 0.333. The number of methoxy groups -OCH3 is 1. The van der Waals surface area contributed by atoms with Crippen LogP contribution in [0.15, 0.2) is 30.6 Å². The number of aromatic amines is 1. The van der Waals surface area contributed by atoms with Crippen LogP contribution in [0.2, 0.25) is 0 Å². The summed E-state index contributed by atoms with van der Waals surface area (Å²) in [6.07, 6.45) is 3.47. The van der Waals surface area contributed by atoms with E-state index in [0.29, 0.717) is 30.2 Å². The number of carbonyl (C=O) groups excluding carboxylic acids is 1. The van der Waals surface area contributed by atoms with E-state index in [1.807, 2.05) is 6.92 Å². The van der Waals surface area contributed by atoms with E-state index in [9.17, 15) is 4.79 Å². The van der Waals surface area contributed by atoms with Crippen molar-refractivity contribution in [3.63, 3.8) is 0 Å². The van der Waals surface area contributed by atoms with Crippen LogP contribution in [0.4, 0.5) is 0 Å². The minimum atomic E-state index is -0.0835. The lowest BCUT2D eigenvalue weighted by atomic mass is 10.1. The number of nitrogens with zero attached hydrogens (tertiary/aromatic N) is 2. The smallest absolute Gasteiger partial charge is 0.254 e. The molecule has 1 heterocycles. The van der Waals surface area contributed by atoms with Crippen molar-refractivity contribution >= 4 is 5.91 Å². The van der Waals surface area contributed by atoms with Crippen LogP contribution in [-0.2, 0) is 6.54 Å². The molecule has 1 aromatic heterocycles. The first-order valence-electron chi connectivity index (χ1n) is 6.69. The molecule has 21 heavy (non-hydrogen) atoms. The highest BCUT2D eigenvalue weighted by atomic mass is 16.5. The van der Waals surface area contributed by atoms with Gasteiger partial charge in [-0.25, -0.2) is 0 Å². The van der Waals surface area contributed by atoms with Crippen LogP contribution in [-0.4, -0.2) is 41.8 Å². The van der Waals surface area contributed by atoms with E-state index < -0.39 is 0 Å². The lowest BCUT2D eigenvalue weighted by Crippen LogP contribution is -2.26. The van der Waals surface area contributed by atoms with Gasteiger partial charge in [-0.15, -0.1) is 0 Å². The molecule has 0 saturated heterocycles. The van der Waals surface area contributed by atoms with E-state index in [4.69, 9.17) is 9.47 Å². The van der Waals surface area contributed by atoms with Gasteiger partial charge < -0.3 is 14.4 Å². The highest BCUT2D eigenvalue weighted by Gasteiger charge is 2.15. The molecule has 0 saturated carbocycles. The fourth-order valence-corrected chi connectivity index (χ4v) is 2.01. The normalized spacial score (nSPS) is 10.2. The van der Waals surface area contributed by atoms with Crippen molar-refractivity contribution < 1.29 is 14.3 Å². The zero-order chi connectivity index (χ0) is 15.2. The minimum Gasteiger partial charge on any atom is -0.493 e. The Bertz CT molecular complexity index is 596. The lowest BCUT2D eigenvalue weighted by Gasteiger charge is -2.17. The Balaban J connectivity index is 2.16. The number of nitrogens with one attached hydrogen (secondary N) is 1. The van der Waals surface area contributed by atoms with E-state index in [0.717, 1.165) is 5.56 Å². The second-order valence-electron chi connectivity index (χ2n) is 4.57. The van der Waals surface area contributed by atoms with Crippen molar-refractivity contribution in [3.05, 3.63) is 41.7 Å². The van der Waals surface area contributed by atoms with E-state index >= 15 is 0 Å². The molecular weight excluding hydrogens is 270 g/mol. The summed E-state index contributed by atoms with van der Waals surface area (Å²) in [7, 11) is 3.32. The Morgan fingerprint density at radius 2 is 2.19 bits per heavy atom. The van der Waals surface area contributed by atoms with Crippen LogP contribution < -0.4 is 9.47 Å². The van der Waals surface area contributed by atoms with Crippen molar-refractivity contribution in [2.45, 2.75) is 13.5 Å². The molecule has 0 bridgehead atoms. The van der Waals surface area contributed by atoms with Gasteiger partial charge in [-0.2, -0.15) is 5.10 Å². The number of rotatable bonds is 6. The van der Waals surface area contributed by atoms with Gasteiger partial charge in [-0.05, 0) is 25.1 Å². The van der Waals surface area contributed by atoms with Crippen molar-refractivity contribution in [3.8, 4) is 11.5 Å². The third-order valence-electron chi connectivity index (χ3n) is 3.03. The van der Waals surface area contributed by atoms with Gasteiger partial charge in [0.1, 0.15) is 0 Å². The van der Waals surface area contributed by atoms with Gasteiger partial charge in [0, 0.05) is 30.9 Å². The summed E-state index contributed by atoms with van der Waals surface area (Å²) < 4.78 is 10.7. The van der Waals surface area contributed by atoms with Gasteiger partial charge in [0.25, 0.3) is 5.91 Å². The number of hydrogen-bond acceptors (Lipinski definition) is 4. The zero-order valence-corrected chi connectivity index (χ0v) is 12.4. The molecule has 1 amide bonds. The summed E-state index contributed by atoms with van der Waals surface area (Å²) in [5, 5.41) is 6.60. The number of carbonyl (C=O) groups is 1. The van der Waals surface area contributed by atoms with Gasteiger partial charge in [0.15, 0.2) is 11.5 Å². The first kappa shape index (κ1) is 14.9. The molecule has 0 unspecified atom stereocenters. The molecule has 0 radical (unpaired) electrons. The van der Waals surface area contributed by atoms with Gasteiger partial charge in [-0.1, -0.05) is 0 Å². The average Bonchev–Trinajstić information content (AvgIpc) is 2.99. The third-order valence-corrected chi connectivity index (χ3v) is 3.03. The van der Waals surface area contributed by atoms with E-state index in [-0.39, 0.29) is 5.91 Å².